The van der Waals surface area contributed by atoms with Crippen molar-refractivity contribution in [3.8, 4) is 0 Å². The van der Waals surface area contributed by atoms with Gasteiger partial charge < -0.3 is 15.1 Å². The smallest absolute Gasteiger partial charge is 0.419 e. The molecular weight excluding hydrogens is 315 g/mol. The Kier molecular flexibility index (Phi) is 4.65. The molecule has 1 unspecified atom stereocenters. The number of carbonyl (C=O) groups excluding carboxylic acids is 1. The van der Waals surface area contributed by atoms with Gasteiger partial charge >= 0.3 is 12.1 Å². The van der Waals surface area contributed by atoms with Crippen LogP contribution in [0, 0.1) is 0 Å². The van der Waals surface area contributed by atoms with Gasteiger partial charge in [-0.25, -0.2) is 4.79 Å². The second kappa shape index (κ2) is 6.19. The number of carboxylic acids is 1. The normalized spacial score (nSPS) is 21.5. The first kappa shape index (κ1) is 17.3. The number of hydrogen-bond acceptors (Lipinski definition) is 3. The van der Waals surface area contributed by atoms with Crippen LogP contribution in [0.15, 0.2) is 24.3 Å². The lowest BCUT2D eigenvalue weighted by atomic mass is 10.0. The Labute approximate surface area is 130 Å². The first-order valence-electron chi connectivity index (χ1n) is 7.02. The van der Waals surface area contributed by atoms with Crippen LogP contribution in [0.2, 0.25) is 0 Å². The number of carboxylic acid groups (broad SMARTS) is 1. The van der Waals surface area contributed by atoms with Crippen LogP contribution in [0.3, 0.4) is 0 Å². The molecule has 2 N–H and O–H groups in total. The number of hydrogen-bond donors (Lipinski definition) is 2. The van der Waals surface area contributed by atoms with Crippen molar-refractivity contribution in [3.05, 3.63) is 35.4 Å². The van der Waals surface area contributed by atoms with Crippen molar-refractivity contribution < 1.29 is 33.0 Å². The van der Waals surface area contributed by atoms with E-state index >= 15 is 0 Å². The Morgan fingerprint density at radius 3 is 2.48 bits per heavy atom. The summed E-state index contributed by atoms with van der Waals surface area (Å²) in [6.07, 6.45) is -5.33. The van der Waals surface area contributed by atoms with E-state index in [1.807, 2.05) is 0 Å². The monoisotopic (exact) mass is 331 g/mol. The quantitative estimate of drug-likeness (QED) is 0.883. The van der Waals surface area contributed by atoms with Crippen LogP contribution < -0.4 is 0 Å². The van der Waals surface area contributed by atoms with Gasteiger partial charge in [-0.05, 0) is 18.1 Å². The van der Waals surface area contributed by atoms with Crippen LogP contribution in [-0.2, 0) is 11.2 Å². The molecule has 1 aromatic rings. The maximum absolute atomic E-state index is 12.7. The molecule has 5 nitrogen and oxygen atoms in total. The van der Waals surface area contributed by atoms with Crippen LogP contribution in [-0.4, -0.2) is 51.9 Å². The highest BCUT2D eigenvalue weighted by Gasteiger charge is 2.57. The average Bonchev–Trinajstić information content (AvgIpc) is 2.88. The van der Waals surface area contributed by atoms with Gasteiger partial charge in [0, 0.05) is 19.4 Å². The van der Waals surface area contributed by atoms with Gasteiger partial charge in [-0.2, -0.15) is 13.2 Å². The third-order valence-electron chi connectivity index (χ3n) is 3.98. The summed E-state index contributed by atoms with van der Waals surface area (Å²) < 4.78 is 38.2. The van der Waals surface area contributed by atoms with E-state index in [0.29, 0.717) is 5.56 Å². The zero-order valence-electron chi connectivity index (χ0n) is 12.1. The maximum Gasteiger partial charge on any atom is 0.419 e. The number of halogens is 3. The van der Waals surface area contributed by atoms with E-state index in [2.05, 4.69) is 0 Å². The van der Waals surface area contributed by atoms with Gasteiger partial charge in [0.25, 0.3) is 0 Å². The van der Waals surface area contributed by atoms with Gasteiger partial charge in [0.05, 0.1) is 12.1 Å². The predicted octanol–water partition coefficient (Wildman–Crippen LogP) is 1.84. The summed E-state index contributed by atoms with van der Waals surface area (Å²) in [4.78, 5) is 24.0. The minimum absolute atomic E-state index is 0.0634. The molecule has 1 aliphatic heterocycles. The largest absolute Gasteiger partial charge is 0.478 e. The molecule has 0 spiro atoms. The average molecular weight is 331 g/mol. The summed E-state index contributed by atoms with van der Waals surface area (Å²) >= 11 is 0. The van der Waals surface area contributed by atoms with Gasteiger partial charge in [0.15, 0.2) is 5.60 Å². The number of carbonyl (C=O) groups is 2. The van der Waals surface area contributed by atoms with Gasteiger partial charge in [0.2, 0.25) is 5.91 Å². The van der Waals surface area contributed by atoms with Crippen molar-refractivity contribution in [1.82, 2.24) is 4.90 Å². The van der Waals surface area contributed by atoms with E-state index in [-0.39, 0.29) is 24.9 Å². The number of benzene rings is 1. The van der Waals surface area contributed by atoms with Crippen LogP contribution >= 0.6 is 0 Å². The molecule has 2 rings (SSSR count). The minimum Gasteiger partial charge on any atom is -0.478 e. The molecule has 1 atom stereocenters. The van der Waals surface area contributed by atoms with Crippen molar-refractivity contribution in [2.45, 2.75) is 31.0 Å². The molecule has 23 heavy (non-hydrogen) atoms. The summed E-state index contributed by atoms with van der Waals surface area (Å²) in [6, 6.07) is 6.15. The van der Waals surface area contributed by atoms with Crippen molar-refractivity contribution in [1.29, 1.82) is 0 Å². The summed E-state index contributed by atoms with van der Waals surface area (Å²) in [6.45, 7) is -0.953. The van der Waals surface area contributed by atoms with E-state index in [1.165, 1.54) is 6.07 Å². The van der Waals surface area contributed by atoms with Crippen LogP contribution in [0.1, 0.15) is 28.8 Å². The number of rotatable bonds is 4. The van der Waals surface area contributed by atoms with Crippen molar-refractivity contribution in [3.63, 3.8) is 0 Å². The molecule has 1 fully saturated rings. The summed E-state index contributed by atoms with van der Waals surface area (Å²) in [7, 11) is 0. The number of aryl methyl sites for hydroxylation is 1. The fourth-order valence-corrected chi connectivity index (χ4v) is 2.58. The zero-order chi connectivity index (χ0) is 17.3. The predicted molar refractivity (Wildman–Crippen MR) is 73.9 cm³/mol. The number of alkyl halides is 3. The summed E-state index contributed by atoms with van der Waals surface area (Å²) in [5.41, 5.74) is -2.35. The Bertz CT molecular complexity index is 617. The molecule has 0 bridgehead atoms. The van der Waals surface area contributed by atoms with E-state index in [4.69, 9.17) is 5.11 Å². The fourth-order valence-electron chi connectivity index (χ4n) is 2.58. The molecule has 0 aromatic heterocycles. The van der Waals surface area contributed by atoms with Gasteiger partial charge in [-0.15, -0.1) is 0 Å². The first-order valence-corrected chi connectivity index (χ1v) is 7.02. The van der Waals surface area contributed by atoms with E-state index in [0.717, 1.165) is 4.90 Å². The van der Waals surface area contributed by atoms with E-state index in [9.17, 15) is 27.9 Å². The molecule has 1 saturated heterocycles. The van der Waals surface area contributed by atoms with Gasteiger partial charge in [-0.1, -0.05) is 18.2 Å². The first-order chi connectivity index (χ1) is 10.6. The second-order valence-electron chi connectivity index (χ2n) is 5.56. The molecular formula is C15H16F3NO4. The van der Waals surface area contributed by atoms with Crippen LogP contribution in [0.25, 0.3) is 0 Å². The van der Waals surface area contributed by atoms with Crippen LogP contribution in [0.4, 0.5) is 13.2 Å². The molecule has 1 amide bonds. The number of likely N-dealkylation sites (tertiary alicyclic amines) is 1. The SMILES string of the molecule is O=C(O)c1ccccc1CCC(=O)N1CCC(O)(C(F)(F)F)C1. The Hall–Kier alpha value is -2.09. The molecule has 1 aliphatic rings. The fraction of sp³-hybridized carbons (Fsp3) is 0.467. The number of amides is 1. The van der Waals surface area contributed by atoms with Crippen molar-refractivity contribution >= 4 is 11.9 Å². The summed E-state index contributed by atoms with van der Waals surface area (Å²) in [5.74, 6) is -1.66. The van der Waals surface area contributed by atoms with E-state index < -0.39 is 36.6 Å². The zero-order valence-corrected chi connectivity index (χ0v) is 12.1. The van der Waals surface area contributed by atoms with Crippen molar-refractivity contribution in [2.75, 3.05) is 13.1 Å². The van der Waals surface area contributed by atoms with Gasteiger partial charge in [0.1, 0.15) is 0 Å². The lowest BCUT2D eigenvalue weighted by molar-refractivity contribution is -0.253. The number of aliphatic hydroxyl groups is 1. The van der Waals surface area contributed by atoms with Crippen molar-refractivity contribution in [2.24, 2.45) is 0 Å². The standard InChI is InChI=1S/C15H16F3NO4/c16-15(17,18)14(23)7-8-19(9-14)12(20)6-5-10-3-1-2-4-11(10)13(21)22/h1-4,23H,5-9H2,(H,21,22). The lowest BCUT2D eigenvalue weighted by Crippen LogP contribution is -2.48. The molecule has 1 aromatic carbocycles. The minimum atomic E-state index is -4.78. The lowest BCUT2D eigenvalue weighted by Gasteiger charge is -2.26. The highest BCUT2D eigenvalue weighted by Crippen LogP contribution is 2.37. The summed E-state index contributed by atoms with van der Waals surface area (Å²) in [5, 5.41) is 18.6. The molecule has 1 heterocycles. The molecule has 0 radical (unpaired) electrons. The van der Waals surface area contributed by atoms with Gasteiger partial charge in [-0.3, -0.25) is 4.79 Å². The highest BCUT2D eigenvalue weighted by atomic mass is 19.4. The Morgan fingerprint density at radius 1 is 1.26 bits per heavy atom. The third-order valence-corrected chi connectivity index (χ3v) is 3.98. The Morgan fingerprint density at radius 2 is 1.91 bits per heavy atom. The number of nitrogens with zero attached hydrogens (tertiary/aromatic N) is 1. The van der Waals surface area contributed by atoms with E-state index in [1.54, 1.807) is 18.2 Å². The number of β-amino-alcohol motifs (C(OH)–C–C–N with tert-alkyl or cyclic N) is 1. The molecule has 8 heteroatoms. The molecule has 0 saturated carbocycles. The number of aromatic carboxylic acids is 1. The third kappa shape index (κ3) is 3.64. The van der Waals surface area contributed by atoms with Crippen LogP contribution in [0.5, 0.6) is 0 Å². The molecule has 0 aliphatic carbocycles. The highest BCUT2D eigenvalue weighted by molar-refractivity contribution is 5.89. The molecule has 126 valence electrons. The maximum atomic E-state index is 12.7. The Balaban J connectivity index is 1.98. The second-order valence-corrected chi connectivity index (χ2v) is 5.56. The topological polar surface area (TPSA) is 77.8 Å².